The van der Waals surface area contributed by atoms with Crippen molar-refractivity contribution in [1.82, 2.24) is 0 Å². The van der Waals surface area contributed by atoms with Gasteiger partial charge in [-0.25, -0.2) is 0 Å². The molecular formula is C22H45F3O33P8-8. The standard InChI is InChI=1S/C16H38F2O25P6.C6H15FO8P2/c17-9-15(11-19)12-42-48(29,30)39-7-5-37-46(25,26)35-3-1-33-45(23,24)34-2-4-36-47(27,28)38-6-8-40-49(31,32)43-14-16(10-18)13-41-44(20,21)22;1-6(4-7)5-15-17(11,12)14-3-2-13-16(8,9)10/h15-16,19H,1-14H2,(H,23,24)(H,25,26)(H,27,28)(H,29,30)(H,31,32)(H2,20,21,22);6H,2-5H2,1H3,(H,11,12)(H2,8,9,10)/p-8. The molecule has 11 unspecified atom stereocenters. The summed E-state index contributed by atoms with van der Waals surface area (Å²) < 4.78 is 186. The maximum absolute atomic E-state index is 12.8. The first-order valence-electron chi connectivity index (χ1n) is 17.4. The van der Waals surface area contributed by atoms with Crippen LogP contribution in [0.3, 0.4) is 0 Å². The zero-order chi connectivity index (χ0) is 51.4. The normalized spacial score (nSPS) is 20.8. The maximum atomic E-state index is 12.8. The number of rotatable bonds is 41. The Bertz CT molecular complexity index is 1720. The Morgan fingerprint density at radius 2 is 0.591 bits per heavy atom. The Kier molecular flexibility index (Phi) is 35.5. The van der Waals surface area contributed by atoms with Crippen LogP contribution in [0.1, 0.15) is 6.92 Å². The van der Waals surface area contributed by atoms with Crippen LogP contribution in [-0.4, -0.2) is 134 Å². The summed E-state index contributed by atoms with van der Waals surface area (Å²) in [7, 11) is -40.4. The Hall–Kier alpha value is 0.630. The van der Waals surface area contributed by atoms with Crippen LogP contribution in [-0.2, 0) is 99.9 Å². The summed E-state index contributed by atoms with van der Waals surface area (Å²) >= 11 is 0. The van der Waals surface area contributed by atoms with Crippen LogP contribution >= 0.6 is 62.6 Å². The van der Waals surface area contributed by atoms with Crippen LogP contribution in [0.5, 0.6) is 0 Å². The lowest BCUT2D eigenvalue weighted by Gasteiger charge is -2.27. The summed E-state index contributed by atoms with van der Waals surface area (Å²) in [5, 5.41) is 8.76. The van der Waals surface area contributed by atoms with Crippen molar-refractivity contribution in [2.24, 2.45) is 17.8 Å². The van der Waals surface area contributed by atoms with Gasteiger partial charge in [0.2, 0.25) is 0 Å². The third kappa shape index (κ3) is 43.4. The first kappa shape index (κ1) is 68.7. The SMILES string of the molecule is CC(CF)COP(=O)([O-])OCCOP(=O)([O-])O.O=P([O-])(O)OCC(CF)COP(=O)([O-])OCCOP(=O)([O-])OCCOP(=O)([O-])OCCOP(=O)([O-])OCCOP(=O)([O-])OCC(CO)CF. The second-order valence-electron chi connectivity index (χ2n) is 11.6. The van der Waals surface area contributed by atoms with E-state index in [0.29, 0.717) is 0 Å². The van der Waals surface area contributed by atoms with Gasteiger partial charge in [0.1, 0.15) is 0 Å². The number of phosphoric ester groups is 8. The molecule has 0 aliphatic carbocycles. The predicted octanol–water partition coefficient (Wildman–Crippen LogP) is -3.29. The third-order valence-corrected chi connectivity index (χ3v) is 12.7. The lowest BCUT2D eigenvalue weighted by atomic mass is 10.2. The van der Waals surface area contributed by atoms with Crippen LogP contribution < -0.4 is 39.1 Å². The van der Waals surface area contributed by atoms with Crippen LogP contribution in [0.4, 0.5) is 13.2 Å². The van der Waals surface area contributed by atoms with Crippen molar-refractivity contribution in [1.29, 1.82) is 0 Å². The minimum Gasteiger partial charge on any atom is -0.756 e. The quantitative estimate of drug-likeness (QED) is 0.0399. The molecule has 0 saturated carbocycles. The number of hydrogen-bond donors (Lipinski definition) is 3. The smallest absolute Gasteiger partial charge is 0.268 e. The van der Waals surface area contributed by atoms with Gasteiger partial charge in [-0.3, -0.25) is 49.7 Å². The fraction of sp³-hybridized carbons (Fsp3) is 1.00. The summed E-state index contributed by atoms with van der Waals surface area (Å²) in [6.45, 7) is -14.5. The Morgan fingerprint density at radius 3 is 0.833 bits per heavy atom. The van der Waals surface area contributed by atoms with Crippen molar-refractivity contribution >= 4 is 62.6 Å². The summed E-state index contributed by atoms with van der Waals surface area (Å²) in [4.78, 5) is 106. The highest BCUT2D eigenvalue weighted by molar-refractivity contribution is 7.47. The molecule has 0 aromatic rings. The summed E-state index contributed by atoms with van der Waals surface area (Å²) in [6, 6.07) is 0. The number of aliphatic hydroxyl groups is 1. The molecule has 0 fully saturated rings. The van der Waals surface area contributed by atoms with Crippen molar-refractivity contribution in [2.45, 2.75) is 6.92 Å². The molecule has 0 rings (SSSR count). The van der Waals surface area contributed by atoms with Crippen molar-refractivity contribution in [3.63, 3.8) is 0 Å². The maximum Gasteiger partial charge on any atom is 0.268 e. The molecule has 0 heterocycles. The molecule has 0 amide bonds. The second kappa shape index (κ2) is 34.1. The number of phosphoric acid groups is 8. The van der Waals surface area contributed by atoms with E-state index in [9.17, 15) is 88.8 Å². The number of halogens is 3. The summed E-state index contributed by atoms with van der Waals surface area (Å²) in [6.07, 6.45) is 0. The third-order valence-electron chi connectivity index (χ3n) is 5.80. The highest BCUT2D eigenvalue weighted by Gasteiger charge is 2.20. The first-order chi connectivity index (χ1) is 30.1. The first-order valence-corrected chi connectivity index (χ1v) is 29.1. The highest BCUT2D eigenvalue weighted by Crippen LogP contribution is 2.44. The molecule has 400 valence electrons. The van der Waals surface area contributed by atoms with Crippen LogP contribution in [0, 0.1) is 17.8 Å². The Balaban J connectivity index is 0. The van der Waals surface area contributed by atoms with Gasteiger partial charge in [-0.1, -0.05) is 6.92 Å². The Morgan fingerprint density at radius 1 is 0.364 bits per heavy atom. The van der Waals surface area contributed by atoms with Gasteiger partial charge in [-0.15, -0.1) is 0 Å². The average molecular weight is 1140 g/mol. The summed E-state index contributed by atoms with van der Waals surface area (Å²) in [5.74, 6) is -3.19. The largest absolute Gasteiger partial charge is 0.756 e. The zero-order valence-electron chi connectivity index (χ0n) is 33.8. The summed E-state index contributed by atoms with van der Waals surface area (Å²) in [5.41, 5.74) is 0. The van der Waals surface area contributed by atoms with Gasteiger partial charge in [-0.05, 0) is 0 Å². The molecule has 44 heteroatoms. The molecule has 0 aromatic carbocycles. The molecule has 0 aliphatic heterocycles. The van der Waals surface area contributed by atoms with E-state index in [2.05, 4.69) is 63.3 Å². The van der Waals surface area contributed by atoms with E-state index in [1.165, 1.54) is 6.92 Å². The molecule has 0 aliphatic rings. The minimum absolute atomic E-state index is 0.377. The van der Waals surface area contributed by atoms with Gasteiger partial charge >= 0.3 is 0 Å². The van der Waals surface area contributed by atoms with Gasteiger partial charge in [0.05, 0.1) is 119 Å². The lowest BCUT2D eigenvalue weighted by Crippen LogP contribution is -2.21. The van der Waals surface area contributed by atoms with Gasteiger partial charge in [-0.2, -0.15) is 0 Å². The highest BCUT2D eigenvalue weighted by atomic mass is 31.2. The van der Waals surface area contributed by atoms with Crippen molar-refractivity contribution in [3.8, 4) is 0 Å². The van der Waals surface area contributed by atoms with Crippen molar-refractivity contribution in [2.75, 3.05) is 119 Å². The Labute approximate surface area is 373 Å². The van der Waals surface area contributed by atoms with Crippen LogP contribution in [0.2, 0.25) is 0 Å². The van der Waals surface area contributed by atoms with E-state index in [0.717, 1.165) is 0 Å². The van der Waals surface area contributed by atoms with Crippen molar-refractivity contribution < 1.29 is 167 Å². The molecule has 0 bridgehead atoms. The van der Waals surface area contributed by atoms with E-state index >= 15 is 0 Å². The molecule has 11 atom stereocenters. The topological polar surface area (TPSA) is 511 Å². The number of hydrogen-bond acceptors (Lipinski definition) is 31. The van der Waals surface area contributed by atoms with Gasteiger partial charge in [0.15, 0.2) is 0 Å². The average Bonchev–Trinajstić information content (AvgIpc) is 3.19. The molecule has 0 radical (unpaired) electrons. The molecular weight excluding hydrogens is 1100 g/mol. The molecule has 0 aromatic heterocycles. The molecule has 33 nitrogen and oxygen atoms in total. The number of aliphatic hydroxyl groups excluding tert-OH is 1. The van der Waals surface area contributed by atoms with E-state index in [-0.39, 0.29) is 6.61 Å². The van der Waals surface area contributed by atoms with Crippen molar-refractivity contribution in [3.05, 3.63) is 0 Å². The van der Waals surface area contributed by atoms with Gasteiger partial charge < -0.3 is 117 Å². The van der Waals surface area contributed by atoms with Gasteiger partial charge in [0, 0.05) is 17.8 Å². The fourth-order valence-electron chi connectivity index (χ4n) is 2.86. The fourth-order valence-corrected chi connectivity index (χ4v) is 7.92. The van der Waals surface area contributed by atoms with E-state index in [4.69, 9.17) is 14.9 Å². The molecule has 3 N–H and O–H groups in total. The molecule has 66 heavy (non-hydrogen) atoms. The number of alkyl halides is 3. The van der Waals surface area contributed by atoms with Gasteiger partial charge in [0.25, 0.3) is 62.6 Å². The van der Waals surface area contributed by atoms with E-state index in [1.54, 1.807) is 0 Å². The minimum atomic E-state index is -5.21. The second-order valence-corrected chi connectivity index (χ2v) is 22.5. The molecule has 0 saturated heterocycles. The van der Waals surface area contributed by atoms with E-state index in [1.807, 2.05) is 0 Å². The lowest BCUT2D eigenvalue weighted by molar-refractivity contribution is -0.238. The predicted molar refractivity (Wildman–Crippen MR) is 190 cm³/mol. The monoisotopic (exact) mass is 1140 g/mol. The van der Waals surface area contributed by atoms with E-state index < -0.39 is 193 Å². The zero-order valence-corrected chi connectivity index (χ0v) is 40.9. The van der Waals surface area contributed by atoms with Crippen LogP contribution in [0.15, 0.2) is 0 Å². The molecule has 0 spiro atoms. The van der Waals surface area contributed by atoms with Crippen LogP contribution in [0.25, 0.3) is 0 Å².